The SMILES string of the molecule is CC(c1ccc(CBr)cc1)N1CCN(c2nc(=O)n(C)c3ccc(C#N)nc23)C(C)C1. The molecule has 0 radical (unpaired) electrons. The molecule has 1 aliphatic rings. The molecule has 1 aliphatic heterocycles. The van der Waals surface area contributed by atoms with E-state index in [1.165, 1.54) is 15.7 Å². The topological polar surface area (TPSA) is 78.0 Å². The molecule has 31 heavy (non-hydrogen) atoms. The number of anilines is 1. The number of hydrogen-bond acceptors (Lipinski definition) is 6. The summed E-state index contributed by atoms with van der Waals surface area (Å²) in [5.41, 5.74) is 3.85. The molecule has 2 aromatic heterocycles. The molecule has 0 N–H and O–H groups in total. The zero-order valence-corrected chi connectivity index (χ0v) is 19.5. The summed E-state index contributed by atoms with van der Waals surface area (Å²) in [5.74, 6) is 0.566. The van der Waals surface area contributed by atoms with Crippen molar-refractivity contribution in [3.8, 4) is 6.07 Å². The number of pyridine rings is 1. The summed E-state index contributed by atoms with van der Waals surface area (Å²) in [6.07, 6.45) is 0. The van der Waals surface area contributed by atoms with Crippen LogP contribution in [0.5, 0.6) is 0 Å². The van der Waals surface area contributed by atoms with Gasteiger partial charge < -0.3 is 4.90 Å². The summed E-state index contributed by atoms with van der Waals surface area (Å²) in [7, 11) is 1.68. The molecule has 3 aromatic rings. The van der Waals surface area contributed by atoms with E-state index in [0.717, 1.165) is 25.0 Å². The van der Waals surface area contributed by atoms with Crippen LogP contribution in [-0.2, 0) is 12.4 Å². The Morgan fingerprint density at radius 3 is 2.58 bits per heavy atom. The number of piperazine rings is 1. The summed E-state index contributed by atoms with van der Waals surface area (Å²) >= 11 is 3.50. The van der Waals surface area contributed by atoms with Crippen molar-refractivity contribution in [3.05, 3.63) is 63.7 Å². The van der Waals surface area contributed by atoms with Gasteiger partial charge in [-0.05, 0) is 37.1 Å². The number of nitriles is 1. The molecule has 1 saturated heterocycles. The van der Waals surface area contributed by atoms with Gasteiger partial charge in [0, 0.05) is 44.1 Å². The van der Waals surface area contributed by atoms with Gasteiger partial charge in [-0.25, -0.2) is 9.78 Å². The smallest absolute Gasteiger partial charge is 0.349 e. The normalized spacial score (nSPS) is 18.2. The van der Waals surface area contributed by atoms with Crippen molar-refractivity contribution in [3.63, 3.8) is 0 Å². The number of hydrogen-bond donors (Lipinski definition) is 0. The highest BCUT2D eigenvalue weighted by molar-refractivity contribution is 9.08. The number of halogens is 1. The van der Waals surface area contributed by atoms with Crippen LogP contribution in [0, 0.1) is 11.3 Å². The molecular weight excluding hydrogens is 456 g/mol. The molecule has 1 fully saturated rings. The first-order chi connectivity index (χ1) is 14.9. The Bertz CT molecular complexity index is 1200. The molecule has 0 aliphatic carbocycles. The summed E-state index contributed by atoms with van der Waals surface area (Å²) in [6.45, 7) is 6.81. The second-order valence-corrected chi connectivity index (χ2v) is 8.60. The average Bonchev–Trinajstić information content (AvgIpc) is 2.80. The van der Waals surface area contributed by atoms with Gasteiger partial charge >= 0.3 is 5.69 Å². The second-order valence-electron chi connectivity index (χ2n) is 8.04. The van der Waals surface area contributed by atoms with Crippen LogP contribution in [0.15, 0.2) is 41.2 Å². The van der Waals surface area contributed by atoms with Crippen LogP contribution >= 0.6 is 15.9 Å². The van der Waals surface area contributed by atoms with Crippen molar-refractivity contribution < 1.29 is 0 Å². The zero-order valence-electron chi connectivity index (χ0n) is 17.9. The molecule has 8 heteroatoms. The third kappa shape index (κ3) is 4.08. The largest absolute Gasteiger partial charge is 0.349 e. The number of nitrogens with zero attached hydrogens (tertiary/aromatic N) is 6. The summed E-state index contributed by atoms with van der Waals surface area (Å²) in [5, 5.41) is 10.1. The van der Waals surface area contributed by atoms with Crippen molar-refractivity contribution in [1.82, 2.24) is 19.4 Å². The van der Waals surface area contributed by atoms with Gasteiger partial charge in [0.1, 0.15) is 17.3 Å². The maximum Gasteiger partial charge on any atom is 0.349 e. The fraction of sp³-hybridized carbons (Fsp3) is 0.391. The van der Waals surface area contributed by atoms with E-state index in [9.17, 15) is 10.1 Å². The summed E-state index contributed by atoms with van der Waals surface area (Å²) in [6, 6.07) is 14.7. The Balaban J connectivity index is 1.62. The van der Waals surface area contributed by atoms with Crippen LogP contribution in [0.1, 0.15) is 36.7 Å². The lowest BCUT2D eigenvalue weighted by Crippen LogP contribution is -2.53. The van der Waals surface area contributed by atoms with Crippen LogP contribution in [0.25, 0.3) is 11.0 Å². The highest BCUT2D eigenvalue weighted by Crippen LogP contribution is 2.29. The van der Waals surface area contributed by atoms with Crippen molar-refractivity contribution in [2.24, 2.45) is 7.05 Å². The molecule has 7 nitrogen and oxygen atoms in total. The first-order valence-corrected chi connectivity index (χ1v) is 11.5. The molecule has 1 aromatic carbocycles. The third-order valence-corrected chi connectivity index (χ3v) is 6.79. The van der Waals surface area contributed by atoms with Gasteiger partial charge in [0.15, 0.2) is 5.82 Å². The van der Waals surface area contributed by atoms with Crippen LogP contribution in [0.4, 0.5) is 5.82 Å². The molecule has 2 unspecified atom stereocenters. The van der Waals surface area contributed by atoms with E-state index in [-0.39, 0.29) is 11.7 Å². The van der Waals surface area contributed by atoms with Crippen LogP contribution in [0.2, 0.25) is 0 Å². The minimum Gasteiger partial charge on any atom is -0.349 e. The Hall–Kier alpha value is -2.76. The molecular formula is C23H25BrN6O. The van der Waals surface area contributed by atoms with Gasteiger partial charge in [0.2, 0.25) is 0 Å². The lowest BCUT2D eigenvalue weighted by molar-refractivity contribution is 0.175. The molecule has 4 rings (SSSR count). The highest BCUT2D eigenvalue weighted by atomic mass is 79.9. The van der Waals surface area contributed by atoms with Crippen molar-refractivity contribution >= 4 is 32.8 Å². The highest BCUT2D eigenvalue weighted by Gasteiger charge is 2.30. The predicted molar refractivity (Wildman–Crippen MR) is 125 cm³/mol. The minimum absolute atomic E-state index is 0.147. The van der Waals surface area contributed by atoms with E-state index < -0.39 is 0 Å². The van der Waals surface area contributed by atoms with Gasteiger partial charge in [-0.2, -0.15) is 10.2 Å². The molecule has 160 valence electrons. The minimum atomic E-state index is -0.316. The summed E-state index contributed by atoms with van der Waals surface area (Å²) in [4.78, 5) is 25.9. The lowest BCUT2D eigenvalue weighted by atomic mass is 10.0. The molecule has 3 heterocycles. The quantitative estimate of drug-likeness (QED) is 0.532. The van der Waals surface area contributed by atoms with Crippen molar-refractivity contribution in [1.29, 1.82) is 5.26 Å². The van der Waals surface area contributed by atoms with E-state index in [4.69, 9.17) is 0 Å². The Morgan fingerprint density at radius 1 is 1.19 bits per heavy atom. The number of alkyl halides is 1. The van der Waals surface area contributed by atoms with Gasteiger partial charge in [-0.15, -0.1) is 0 Å². The molecule has 0 spiro atoms. The Morgan fingerprint density at radius 2 is 1.94 bits per heavy atom. The third-order valence-electron chi connectivity index (χ3n) is 6.15. The fourth-order valence-electron chi connectivity index (χ4n) is 4.22. The van der Waals surface area contributed by atoms with Crippen molar-refractivity contribution in [2.75, 3.05) is 24.5 Å². The molecule has 2 atom stereocenters. The monoisotopic (exact) mass is 480 g/mol. The molecule has 0 bridgehead atoms. The number of benzene rings is 1. The van der Waals surface area contributed by atoms with Gasteiger partial charge in [-0.1, -0.05) is 40.2 Å². The maximum atomic E-state index is 12.5. The number of aryl methyl sites for hydroxylation is 1. The fourth-order valence-corrected chi connectivity index (χ4v) is 4.59. The van der Waals surface area contributed by atoms with Crippen molar-refractivity contribution in [2.45, 2.75) is 31.3 Å². The number of aromatic nitrogens is 3. The molecule has 0 amide bonds. The maximum absolute atomic E-state index is 12.5. The van der Waals surface area contributed by atoms with E-state index in [2.05, 4.69) is 79.9 Å². The molecule has 0 saturated carbocycles. The van der Waals surface area contributed by atoms with Crippen LogP contribution in [-0.4, -0.2) is 45.1 Å². The Kier molecular flexibility index (Phi) is 6.08. The first-order valence-electron chi connectivity index (χ1n) is 10.4. The average molecular weight is 481 g/mol. The van der Waals surface area contributed by atoms with E-state index in [0.29, 0.717) is 28.6 Å². The van der Waals surface area contributed by atoms with Gasteiger partial charge in [-0.3, -0.25) is 9.47 Å². The Labute approximate surface area is 190 Å². The van der Waals surface area contributed by atoms with E-state index >= 15 is 0 Å². The van der Waals surface area contributed by atoms with Crippen LogP contribution in [0.3, 0.4) is 0 Å². The second kappa shape index (κ2) is 8.77. The van der Waals surface area contributed by atoms with E-state index in [1.807, 2.05) is 0 Å². The summed E-state index contributed by atoms with van der Waals surface area (Å²) < 4.78 is 1.48. The van der Waals surface area contributed by atoms with Gasteiger partial charge in [0.05, 0.1) is 5.52 Å². The van der Waals surface area contributed by atoms with Gasteiger partial charge in [0.25, 0.3) is 0 Å². The number of fused-ring (bicyclic) bond motifs is 1. The lowest BCUT2D eigenvalue weighted by Gasteiger charge is -2.43. The standard InChI is InChI=1S/C23H25BrN6O/c1-15-14-29(16(2)18-6-4-17(12-24)5-7-18)10-11-30(15)22-21-20(28(3)23(31)27-22)9-8-19(13-25)26-21/h4-9,15-16H,10-12,14H2,1-3H3. The van der Waals surface area contributed by atoms with Crippen LogP contribution < -0.4 is 10.6 Å². The number of rotatable bonds is 4. The zero-order chi connectivity index (χ0) is 22.1. The predicted octanol–water partition coefficient (Wildman–Crippen LogP) is 3.37. The van der Waals surface area contributed by atoms with E-state index in [1.54, 1.807) is 19.2 Å². The first kappa shape index (κ1) is 21.5.